The molecule has 2 saturated heterocycles. The van der Waals surface area contributed by atoms with Crippen LogP contribution in [0.2, 0.25) is 10.0 Å². The van der Waals surface area contributed by atoms with Gasteiger partial charge in [0.05, 0.1) is 39.5 Å². The van der Waals surface area contributed by atoms with Gasteiger partial charge in [-0.2, -0.15) is 13.2 Å². The van der Waals surface area contributed by atoms with Crippen molar-refractivity contribution >= 4 is 40.5 Å². The van der Waals surface area contributed by atoms with Gasteiger partial charge in [-0.25, -0.2) is 8.78 Å². The molecule has 2 aromatic rings. The Morgan fingerprint density at radius 1 is 1.00 bits per heavy atom. The second-order valence-corrected chi connectivity index (χ2v) is 9.99. The zero-order chi connectivity index (χ0) is 26.9. The van der Waals surface area contributed by atoms with Crippen LogP contribution in [0.1, 0.15) is 22.3 Å². The first kappa shape index (κ1) is 27.8. The summed E-state index contributed by atoms with van der Waals surface area (Å²) in [6, 6.07) is 5.43. The summed E-state index contributed by atoms with van der Waals surface area (Å²) >= 11 is 12.3. The summed E-state index contributed by atoms with van der Waals surface area (Å²) in [6.07, 6.45) is -5.62. The molecule has 0 aromatic heterocycles. The highest BCUT2D eigenvalue weighted by Crippen LogP contribution is 2.36. The fourth-order valence-corrected chi connectivity index (χ4v) is 4.71. The number of anilines is 2. The Kier molecular flexibility index (Phi) is 8.49. The van der Waals surface area contributed by atoms with E-state index in [1.165, 1.54) is 24.3 Å². The van der Waals surface area contributed by atoms with Crippen molar-refractivity contribution in [2.24, 2.45) is 0 Å². The quantitative estimate of drug-likeness (QED) is 0.473. The standard InChI is InChI=1S/C24H25Cl2F5N4O2/c25-17-9-19(20(10-18(17)26)35-7-5-33(6-8-35)4-3-24(29,30)31)32-23(37)16-2-1-14(21(27)22(16)28)11-34-12-15(36)13-34/h1-2,9-10,15,36H,3-8,11-13H2,(H,32,37). The van der Waals surface area contributed by atoms with E-state index in [1.54, 1.807) is 9.80 Å². The number of aliphatic hydroxyl groups excluding tert-OH is 1. The molecule has 202 valence electrons. The maximum absolute atomic E-state index is 14.8. The maximum Gasteiger partial charge on any atom is 0.390 e. The third-order valence-corrected chi connectivity index (χ3v) is 7.17. The molecule has 4 rings (SSSR count). The Balaban J connectivity index is 1.47. The topological polar surface area (TPSA) is 59.1 Å². The zero-order valence-electron chi connectivity index (χ0n) is 19.6. The molecule has 2 heterocycles. The highest BCUT2D eigenvalue weighted by Gasteiger charge is 2.30. The van der Waals surface area contributed by atoms with Crippen molar-refractivity contribution in [3.8, 4) is 0 Å². The van der Waals surface area contributed by atoms with Crippen LogP contribution in [0.4, 0.5) is 33.3 Å². The first-order chi connectivity index (χ1) is 17.4. The number of β-amino-alcohol motifs (C(OH)–C–C–N with tert-alkyl or cyclic N) is 1. The second-order valence-electron chi connectivity index (χ2n) is 9.18. The van der Waals surface area contributed by atoms with Gasteiger partial charge in [0.1, 0.15) is 0 Å². The van der Waals surface area contributed by atoms with Crippen molar-refractivity contribution in [3.63, 3.8) is 0 Å². The number of nitrogens with zero attached hydrogens (tertiary/aromatic N) is 3. The van der Waals surface area contributed by atoms with Gasteiger partial charge in [0.25, 0.3) is 5.91 Å². The van der Waals surface area contributed by atoms with Crippen molar-refractivity contribution in [1.82, 2.24) is 9.80 Å². The highest BCUT2D eigenvalue weighted by molar-refractivity contribution is 6.42. The highest BCUT2D eigenvalue weighted by atomic mass is 35.5. The summed E-state index contributed by atoms with van der Waals surface area (Å²) in [4.78, 5) is 18.2. The van der Waals surface area contributed by atoms with Gasteiger partial charge in [-0.15, -0.1) is 0 Å². The van der Waals surface area contributed by atoms with E-state index in [9.17, 15) is 31.9 Å². The number of halogens is 7. The molecular weight excluding hydrogens is 542 g/mol. The Hall–Kier alpha value is -2.18. The first-order valence-electron chi connectivity index (χ1n) is 11.6. The fourth-order valence-electron chi connectivity index (χ4n) is 4.38. The molecular formula is C24H25Cl2F5N4O2. The van der Waals surface area contributed by atoms with Crippen molar-refractivity contribution < 1.29 is 31.9 Å². The van der Waals surface area contributed by atoms with Gasteiger partial charge >= 0.3 is 6.18 Å². The maximum atomic E-state index is 14.8. The normalized spacial score (nSPS) is 17.7. The lowest BCUT2D eigenvalue weighted by atomic mass is 10.1. The average Bonchev–Trinajstić information content (AvgIpc) is 2.81. The fraction of sp³-hybridized carbons (Fsp3) is 0.458. The molecule has 6 nitrogen and oxygen atoms in total. The van der Waals surface area contributed by atoms with Gasteiger partial charge in [-0.1, -0.05) is 29.3 Å². The smallest absolute Gasteiger partial charge is 0.390 e. The van der Waals surface area contributed by atoms with Crippen molar-refractivity contribution in [2.45, 2.75) is 25.2 Å². The Bertz CT molecular complexity index is 1150. The van der Waals surface area contributed by atoms with Crippen LogP contribution in [-0.4, -0.2) is 78.9 Å². The number of hydrogen-bond donors (Lipinski definition) is 2. The zero-order valence-corrected chi connectivity index (χ0v) is 21.1. The molecule has 0 unspecified atom stereocenters. The molecule has 13 heteroatoms. The minimum Gasteiger partial charge on any atom is -0.390 e. The number of nitrogens with one attached hydrogen (secondary N) is 1. The summed E-state index contributed by atoms with van der Waals surface area (Å²) in [5.74, 6) is -3.33. The molecule has 37 heavy (non-hydrogen) atoms. The van der Waals surface area contributed by atoms with E-state index in [0.717, 1.165) is 0 Å². The van der Waals surface area contributed by atoms with Gasteiger partial charge in [-0.3, -0.25) is 14.6 Å². The van der Waals surface area contributed by atoms with E-state index in [4.69, 9.17) is 23.2 Å². The number of alkyl halides is 3. The lowest BCUT2D eigenvalue weighted by Crippen LogP contribution is -2.49. The van der Waals surface area contributed by atoms with Crippen LogP contribution in [0.5, 0.6) is 0 Å². The van der Waals surface area contributed by atoms with E-state index in [-0.39, 0.29) is 34.4 Å². The third-order valence-electron chi connectivity index (χ3n) is 6.45. The molecule has 0 bridgehead atoms. The predicted molar refractivity (Wildman–Crippen MR) is 131 cm³/mol. The molecule has 0 aliphatic carbocycles. The molecule has 2 N–H and O–H groups in total. The number of piperazine rings is 1. The van der Waals surface area contributed by atoms with Crippen LogP contribution in [0.15, 0.2) is 24.3 Å². The summed E-state index contributed by atoms with van der Waals surface area (Å²) in [5.41, 5.74) is 0.243. The number of aliphatic hydroxyl groups is 1. The average molecular weight is 567 g/mol. The lowest BCUT2D eigenvalue weighted by molar-refractivity contribution is -0.138. The number of carbonyl (C=O) groups excluding carboxylic acids is 1. The van der Waals surface area contributed by atoms with E-state index < -0.39 is 41.8 Å². The Morgan fingerprint density at radius 3 is 2.27 bits per heavy atom. The van der Waals surface area contributed by atoms with Gasteiger partial charge in [0.15, 0.2) is 11.6 Å². The Morgan fingerprint density at radius 2 is 1.65 bits per heavy atom. The van der Waals surface area contributed by atoms with Crippen LogP contribution in [0.25, 0.3) is 0 Å². The number of carbonyl (C=O) groups is 1. The second kappa shape index (κ2) is 11.3. The summed E-state index contributed by atoms with van der Waals surface area (Å²) in [6.45, 7) is 2.16. The number of likely N-dealkylation sites (tertiary alicyclic amines) is 1. The van der Waals surface area contributed by atoms with Gasteiger partial charge in [0.2, 0.25) is 0 Å². The molecule has 2 aliphatic heterocycles. The minimum atomic E-state index is -4.23. The molecule has 1 amide bonds. The largest absolute Gasteiger partial charge is 0.390 e. The predicted octanol–water partition coefficient (Wildman–Crippen LogP) is 4.77. The molecule has 0 saturated carbocycles. The van der Waals surface area contributed by atoms with Gasteiger partial charge in [0, 0.05) is 57.9 Å². The van der Waals surface area contributed by atoms with Crippen LogP contribution in [-0.2, 0) is 6.54 Å². The molecule has 0 atom stereocenters. The molecule has 0 radical (unpaired) electrons. The van der Waals surface area contributed by atoms with Gasteiger partial charge in [-0.05, 0) is 18.2 Å². The van der Waals surface area contributed by atoms with Gasteiger partial charge < -0.3 is 15.3 Å². The van der Waals surface area contributed by atoms with Crippen molar-refractivity contribution in [3.05, 3.63) is 57.1 Å². The van der Waals surface area contributed by atoms with Crippen molar-refractivity contribution in [2.75, 3.05) is 56.0 Å². The molecule has 2 fully saturated rings. The molecule has 2 aliphatic rings. The first-order valence-corrected chi connectivity index (χ1v) is 12.4. The summed E-state index contributed by atoms with van der Waals surface area (Å²) in [5, 5.41) is 12.3. The van der Waals surface area contributed by atoms with E-state index in [1.807, 2.05) is 4.90 Å². The summed E-state index contributed by atoms with van der Waals surface area (Å²) < 4.78 is 67.1. The number of amides is 1. The summed E-state index contributed by atoms with van der Waals surface area (Å²) in [7, 11) is 0. The van der Waals surface area contributed by atoms with E-state index in [0.29, 0.717) is 45.0 Å². The number of benzene rings is 2. The Labute approximate surface area is 220 Å². The SMILES string of the molecule is O=C(Nc1cc(Cl)c(Cl)cc1N1CCN(CCC(F)(F)F)CC1)c1ccc(CN2CC(O)C2)c(F)c1F. The van der Waals surface area contributed by atoms with Crippen molar-refractivity contribution in [1.29, 1.82) is 0 Å². The number of rotatable bonds is 7. The molecule has 2 aromatic carbocycles. The van der Waals surface area contributed by atoms with Crippen LogP contribution in [0, 0.1) is 11.6 Å². The number of hydrogen-bond acceptors (Lipinski definition) is 5. The van der Waals surface area contributed by atoms with Crippen LogP contribution < -0.4 is 10.2 Å². The monoisotopic (exact) mass is 566 g/mol. The minimum absolute atomic E-state index is 0.0690. The van der Waals surface area contributed by atoms with E-state index >= 15 is 0 Å². The molecule has 0 spiro atoms. The van der Waals surface area contributed by atoms with Crippen LogP contribution >= 0.6 is 23.2 Å². The third kappa shape index (κ3) is 6.83. The van der Waals surface area contributed by atoms with Crippen LogP contribution in [0.3, 0.4) is 0 Å². The van der Waals surface area contributed by atoms with E-state index in [2.05, 4.69) is 5.32 Å². The lowest BCUT2D eigenvalue weighted by Gasteiger charge is -2.37.